The molecule has 0 aromatic heterocycles. The molecule has 164 valence electrons. The summed E-state index contributed by atoms with van der Waals surface area (Å²) in [6.45, 7) is -0.830. The number of anilines is 1. The van der Waals surface area contributed by atoms with Crippen LogP contribution in [0, 0.1) is 5.82 Å². The van der Waals surface area contributed by atoms with Crippen molar-refractivity contribution in [2.24, 2.45) is 0 Å². The number of aliphatic hydroxyl groups excluding tert-OH is 1. The summed E-state index contributed by atoms with van der Waals surface area (Å²) in [5.74, 6) is -0.273. The van der Waals surface area contributed by atoms with Gasteiger partial charge in [-0.2, -0.15) is 13.2 Å². The molecular formula is C19H22F4N4O3. The smallest absolute Gasteiger partial charge is 0.427 e. The van der Waals surface area contributed by atoms with Crippen LogP contribution < -0.4 is 10.5 Å². The average Bonchev–Trinajstić information content (AvgIpc) is 3.15. The predicted octanol–water partition coefficient (Wildman–Crippen LogP) is 2.68. The SMILES string of the molecule is O=C(OC(CO)C(F)(F)F)N1CCC(N2C=C3CCc4cc(F)ccc4N3N2)CC1. The van der Waals surface area contributed by atoms with Gasteiger partial charge in [-0.15, -0.1) is 5.53 Å². The number of nitrogens with zero attached hydrogens (tertiary/aromatic N) is 3. The minimum absolute atomic E-state index is 0.0345. The Morgan fingerprint density at radius 3 is 2.67 bits per heavy atom. The van der Waals surface area contributed by atoms with Gasteiger partial charge in [-0.25, -0.2) is 9.18 Å². The van der Waals surface area contributed by atoms with Crippen molar-refractivity contribution >= 4 is 11.8 Å². The second-order valence-electron chi connectivity index (χ2n) is 7.55. The highest BCUT2D eigenvalue weighted by Crippen LogP contribution is 2.35. The Hall–Kier alpha value is -2.53. The first-order valence-electron chi connectivity index (χ1n) is 9.73. The number of allylic oxidation sites excluding steroid dienone is 1. The number of halogens is 4. The fourth-order valence-electron chi connectivity index (χ4n) is 3.96. The number of ether oxygens (including phenoxy) is 1. The lowest BCUT2D eigenvalue weighted by Crippen LogP contribution is -2.52. The molecule has 0 spiro atoms. The van der Waals surface area contributed by atoms with Gasteiger partial charge >= 0.3 is 12.3 Å². The number of hydrogen-bond donors (Lipinski definition) is 2. The number of fused-ring (bicyclic) bond motifs is 3. The molecule has 0 bridgehead atoms. The van der Waals surface area contributed by atoms with Crippen molar-refractivity contribution in [1.29, 1.82) is 0 Å². The van der Waals surface area contributed by atoms with Gasteiger partial charge < -0.3 is 14.7 Å². The fraction of sp³-hybridized carbons (Fsp3) is 0.526. The molecule has 0 saturated carbocycles. The van der Waals surface area contributed by atoms with Crippen LogP contribution >= 0.6 is 0 Å². The second kappa shape index (κ2) is 7.95. The number of aliphatic hydroxyl groups is 1. The van der Waals surface area contributed by atoms with E-state index in [0.29, 0.717) is 12.8 Å². The number of amides is 1. The van der Waals surface area contributed by atoms with Crippen molar-refractivity contribution in [3.63, 3.8) is 0 Å². The number of benzene rings is 1. The number of likely N-dealkylation sites (tertiary alicyclic amines) is 1. The number of carbonyl (C=O) groups excluding carboxylic acids is 1. The highest BCUT2D eigenvalue weighted by Gasteiger charge is 2.43. The Labute approximate surface area is 170 Å². The molecule has 1 fully saturated rings. The highest BCUT2D eigenvalue weighted by molar-refractivity contribution is 5.68. The number of piperidine rings is 1. The van der Waals surface area contributed by atoms with Gasteiger partial charge in [-0.05, 0) is 49.4 Å². The van der Waals surface area contributed by atoms with Crippen molar-refractivity contribution in [2.45, 2.75) is 44.0 Å². The number of aryl methyl sites for hydroxylation is 1. The molecule has 0 radical (unpaired) electrons. The fourth-order valence-corrected chi connectivity index (χ4v) is 3.96. The molecule has 1 saturated heterocycles. The van der Waals surface area contributed by atoms with Crippen molar-refractivity contribution in [2.75, 3.05) is 24.7 Å². The zero-order valence-corrected chi connectivity index (χ0v) is 16.0. The van der Waals surface area contributed by atoms with E-state index in [9.17, 15) is 22.4 Å². The first-order valence-corrected chi connectivity index (χ1v) is 9.73. The maximum atomic E-state index is 13.5. The van der Waals surface area contributed by atoms with Crippen LogP contribution in [0.25, 0.3) is 0 Å². The van der Waals surface area contributed by atoms with Crippen LogP contribution in [0.2, 0.25) is 0 Å². The summed E-state index contributed by atoms with van der Waals surface area (Å²) in [6, 6.07) is 4.70. The summed E-state index contributed by atoms with van der Waals surface area (Å²) >= 11 is 0. The van der Waals surface area contributed by atoms with Gasteiger partial charge in [-0.1, -0.05) is 0 Å². The number of nitrogens with one attached hydrogen (secondary N) is 1. The van der Waals surface area contributed by atoms with E-state index in [4.69, 9.17) is 5.11 Å². The van der Waals surface area contributed by atoms with Gasteiger partial charge in [0.2, 0.25) is 6.10 Å². The molecule has 1 unspecified atom stereocenters. The standard InChI is InChI=1S/C19H22F4N4O3/c20-13-2-4-16-12(9-13)1-3-15-10-26(24-27(15)16)14-5-7-25(8-6-14)18(29)30-17(11-28)19(21,22)23/h2,4,9-10,14,17,24,28H,1,3,5-8,11H2. The van der Waals surface area contributed by atoms with Crippen LogP contribution in [0.3, 0.4) is 0 Å². The zero-order valence-electron chi connectivity index (χ0n) is 16.0. The van der Waals surface area contributed by atoms with E-state index in [1.54, 1.807) is 6.07 Å². The summed E-state index contributed by atoms with van der Waals surface area (Å²) in [7, 11) is 0. The quantitative estimate of drug-likeness (QED) is 0.719. The molecule has 1 aromatic carbocycles. The molecule has 1 amide bonds. The number of carbonyl (C=O) groups is 1. The molecule has 3 aliphatic rings. The molecule has 2 N–H and O–H groups in total. The third-order valence-electron chi connectivity index (χ3n) is 5.61. The van der Waals surface area contributed by atoms with Gasteiger partial charge in [0.25, 0.3) is 0 Å². The topological polar surface area (TPSA) is 68.3 Å². The largest absolute Gasteiger partial charge is 0.434 e. The molecule has 1 atom stereocenters. The average molecular weight is 430 g/mol. The number of rotatable bonds is 3. The predicted molar refractivity (Wildman–Crippen MR) is 98.3 cm³/mol. The van der Waals surface area contributed by atoms with Crippen LogP contribution in [-0.4, -0.2) is 59.1 Å². The molecule has 4 rings (SSSR count). The monoisotopic (exact) mass is 430 g/mol. The molecule has 0 aliphatic carbocycles. The van der Waals surface area contributed by atoms with Crippen LogP contribution in [0.15, 0.2) is 30.1 Å². The summed E-state index contributed by atoms with van der Waals surface area (Å²) < 4.78 is 56.0. The second-order valence-corrected chi connectivity index (χ2v) is 7.55. The maximum Gasteiger partial charge on any atom is 0.427 e. The third kappa shape index (κ3) is 4.04. The lowest BCUT2D eigenvalue weighted by molar-refractivity contribution is -0.214. The van der Waals surface area contributed by atoms with Crippen LogP contribution in [0.5, 0.6) is 0 Å². The molecule has 3 heterocycles. The van der Waals surface area contributed by atoms with E-state index in [2.05, 4.69) is 10.3 Å². The lowest BCUT2D eigenvalue weighted by atomic mass is 10.0. The van der Waals surface area contributed by atoms with Gasteiger partial charge in [0, 0.05) is 19.3 Å². The Morgan fingerprint density at radius 2 is 2.00 bits per heavy atom. The van der Waals surface area contributed by atoms with Crippen LogP contribution in [-0.2, 0) is 11.2 Å². The van der Waals surface area contributed by atoms with E-state index < -0.39 is 25.0 Å². The van der Waals surface area contributed by atoms with Crippen molar-refractivity contribution in [3.8, 4) is 0 Å². The van der Waals surface area contributed by atoms with Gasteiger partial charge in [0.05, 0.1) is 24.0 Å². The first kappa shape index (κ1) is 20.7. The van der Waals surface area contributed by atoms with Gasteiger partial charge in [0.15, 0.2) is 0 Å². The van der Waals surface area contributed by atoms with Crippen molar-refractivity contribution in [3.05, 3.63) is 41.5 Å². The Morgan fingerprint density at radius 1 is 1.27 bits per heavy atom. The molecule has 30 heavy (non-hydrogen) atoms. The molecule has 11 heteroatoms. The minimum atomic E-state index is -4.81. The Balaban J connectivity index is 1.34. The summed E-state index contributed by atoms with van der Waals surface area (Å²) in [5.41, 5.74) is 6.13. The summed E-state index contributed by atoms with van der Waals surface area (Å²) in [6.07, 6.45) is -3.86. The highest BCUT2D eigenvalue weighted by atomic mass is 19.4. The Kier molecular flexibility index (Phi) is 5.49. The summed E-state index contributed by atoms with van der Waals surface area (Å²) in [5, 5.41) is 12.7. The van der Waals surface area contributed by atoms with Gasteiger partial charge in [0.1, 0.15) is 5.82 Å². The minimum Gasteiger partial charge on any atom is -0.434 e. The van der Waals surface area contributed by atoms with E-state index in [1.807, 2.05) is 16.2 Å². The zero-order chi connectivity index (χ0) is 21.5. The van der Waals surface area contributed by atoms with Crippen LogP contribution in [0.1, 0.15) is 24.8 Å². The van der Waals surface area contributed by atoms with Crippen molar-refractivity contribution < 1.29 is 32.2 Å². The molecule has 1 aromatic rings. The Bertz CT molecular complexity index is 840. The van der Waals surface area contributed by atoms with E-state index >= 15 is 0 Å². The number of hydrogen-bond acceptors (Lipinski definition) is 6. The molecular weight excluding hydrogens is 408 g/mol. The van der Waals surface area contributed by atoms with Crippen LogP contribution in [0.4, 0.5) is 28.0 Å². The number of hydrazine groups is 2. The summed E-state index contributed by atoms with van der Waals surface area (Å²) in [4.78, 5) is 13.2. The van der Waals surface area contributed by atoms with Gasteiger partial charge in [-0.3, -0.25) is 10.0 Å². The van der Waals surface area contributed by atoms with E-state index in [1.165, 1.54) is 17.0 Å². The normalized spacial score (nSPS) is 20.6. The van der Waals surface area contributed by atoms with E-state index in [0.717, 1.165) is 29.8 Å². The third-order valence-corrected chi connectivity index (χ3v) is 5.61. The molecule has 3 aliphatic heterocycles. The van der Waals surface area contributed by atoms with Crippen molar-refractivity contribution in [1.82, 2.24) is 15.4 Å². The first-order chi connectivity index (χ1) is 14.3. The molecule has 7 nitrogen and oxygen atoms in total. The van der Waals surface area contributed by atoms with E-state index in [-0.39, 0.29) is 24.9 Å². The maximum absolute atomic E-state index is 13.5. The lowest BCUT2D eigenvalue weighted by Gasteiger charge is -2.37. The number of alkyl halides is 3.